The summed E-state index contributed by atoms with van der Waals surface area (Å²) in [5.41, 5.74) is 0. The molecule has 0 spiro atoms. The quantitative estimate of drug-likeness (QED) is 0.808. The second-order valence-corrected chi connectivity index (χ2v) is 5.41. The Morgan fingerprint density at radius 3 is 3.00 bits per heavy atom. The van der Waals surface area contributed by atoms with E-state index in [1.807, 2.05) is 6.92 Å². The van der Waals surface area contributed by atoms with Gasteiger partial charge in [0.25, 0.3) is 0 Å². The molecule has 2 unspecified atom stereocenters. The number of amides is 1. The number of ether oxygens (including phenoxy) is 1. The van der Waals surface area contributed by atoms with Crippen LogP contribution in [-0.4, -0.2) is 31.1 Å². The molecule has 0 aromatic heterocycles. The fraction of sp³-hybridized carbons (Fsp3) is 0.562. The van der Waals surface area contributed by atoms with Crippen LogP contribution in [0.2, 0.25) is 0 Å². The Labute approximate surface area is 137 Å². The van der Waals surface area contributed by atoms with Crippen molar-refractivity contribution in [3.63, 3.8) is 0 Å². The molecule has 1 fully saturated rings. The fourth-order valence-corrected chi connectivity index (χ4v) is 2.46. The zero-order valence-corrected chi connectivity index (χ0v) is 13.6. The molecule has 2 rings (SSSR count). The van der Waals surface area contributed by atoms with Gasteiger partial charge in [0.15, 0.2) is 0 Å². The number of carbonyl (C=O) groups is 1. The Morgan fingerprint density at radius 2 is 2.36 bits per heavy atom. The lowest BCUT2D eigenvalue weighted by molar-refractivity contribution is -0.121. The molecule has 1 aromatic carbocycles. The summed E-state index contributed by atoms with van der Waals surface area (Å²) in [5.74, 6) is 0.211. The first kappa shape index (κ1) is 18.7. The number of halogens is 2. The minimum absolute atomic E-state index is 0. The second-order valence-electron chi connectivity index (χ2n) is 5.41. The van der Waals surface area contributed by atoms with E-state index in [0.717, 1.165) is 25.8 Å². The smallest absolute Gasteiger partial charge is 0.221 e. The minimum atomic E-state index is -0.321. The van der Waals surface area contributed by atoms with E-state index in [1.54, 1.807) is 12.1 Å². The summed E-state index contributed by atoms with van der Waals surface area (Å²) in [6.45, 7) is 3.42. The SMILES string of the molecule is CCC(CNC(=O)CC1CCCN1)Oc1cccc(F)c1.Cl. The molecule has 6 heteroatoms. The number of hydrogen-bond acceptors (Lipinski definition) is 3. The summed E-state index contributed by atoms with van der Waals surface area (Å²) in [5, 5.41) is 6.20. The molecule has 22 heavy (non-hydrogen) atoms. The maximum absolute atomic E-state index is 13.1. The summed E-state index contributed by atoms with van der Waals surface area (Å²) in [4.78, 5) is 11.9. The zero-order chi connectivity index (χ0) is 15.1. The van der Waals surface area contributed by atoms with Crippen molar-refractivity contribution in [1.29, 1.82) is 0 Å². The van der Waals surface area contributed by atoms with Crippen molar-refractivity contribution in [3.8, 4) is 5.75 Å². The van der Waals surface area contributed by atoms with Gasteiger partial charge in [-0.15, -0.1) is 12.4 Å². The molecule has 2 atom stereocenters. The van der Waals surface area contributed by atoms with Gasteiger partial charge in [-0.25, -0.2) is 4.39 Å². The predicted molar refractivity (Wildman–Crippen MR) is 87.0 cm³/mol. The number of hydrogen-bond donors (Lipinski definition) is 2. The van der Waals surface area contributed by atoms with Gasteiger partial charge in [-0.2, -0.15) is 0 Å². The van der Waals surface area contributed by atoms with Crippen LogP contribution in [0.25, 0.3) is 0 Å². The van der Waals surface area contributed by atoms with Crippen LogP contribution in [-0.2, 0) is 4.79 Å². The lowest BCUT2D eigenvalue weighted by Gasteiger charge is -2.19. The van der Waals surface area contributed by atoms with E-state index in [-0.39, 0.29) is 30.2 Å². The first-order chi connectivity index (χ1) is 10.2. The molecular formula is C16H24ClFN2O2. The average molecular weight is 331 g/mol. The molecular weight excluding hydrogens is 307 g/mol. The first-order valence-electron chi connectivity index (χ1n) is 7.59. The predicted octanol–water partition coefficient (Wildman–Crippen LogP) is 2.66. The molecule has 0 saturated carbocycles. The van der Waals surface area contributed by atoms with Crippen LogP contribution in [0, 0.1) is 5.82 Å². The van der Waals surface area contributed by atoms with Crippen molar-refractivity contribution in [3.05, 3.63) is 30.1 Å². The van der Waals surface area contributed by atoms with Gasteiger partial charge in [0.05, 0.1) is 6.54 Å². The van der Waals surface area contributed by atoms with E-state index >= 15 is 0 Å². The Morgan fingerprint density at radius 1 is 1.55 bits per heavy atom. The summed E-state index contributed by atoms with van der Waals surface area (Å²) >= 11 is 0. The molecule has 0 radical (unpaired) electrons. The van der Waals surface area contributed by atoms with Crippen LogP contribution in [0.3, 0.4) is 0 Å². The third-order valence-corrected chi connectivity index (χ3v) is 3.68. The van der Waals surface area contributed by atoms with Gasteiger partial charge in [0, 0.05) is 18.5 Å². The molecule has 1 saturated heterocycles. The van der Waals surface area contributed by atoms with E-state index in [4.69, 9.17) is 4.74 Å². The van der Waals surface area contributed by atoms with Gasteiger partial charge in [-0.05, 0) is 37.9 Å². The Kier molecular flexibility index (Phi) is 8.20. The topological polar surface area (TPSA) is 50.4 Å². The van der Waals surface area contributed by atoms with Crippen molar-refractivity contribution in [2.45, 2.75) is 44.8 Å². The molecule has 0 aliphatic carbocycles. The number of benzene rings is 1. The van der Waals surface area contributed by atoms with E-state index in [9.17, 15) is 9.18 Å². The van der Waals surface area contributed by atoms with Crippen LogP contribution >= 0.6 is 12.4 Å². The number of rotatable bonds is 7. The van der Waals surface area contributed by atoms with Crippen molar-refractivity contribution < 1.29 is 13.9 Å². The highest BCUT2D eigenvalue weighted by Gasteiger charge is 2.18. The standard InChI is InChI=1S/C16H23FN2O2.ClH/c1-2-14(21-15-7-3-5-12(17)9-15)11-19-16(20)10-13-6-4-8-18-13;/h3,5,7,9,13-14,18H,2,4,6,8,10-11H2,1H3,(H,19,20);1H. The Balaban J connectivity index is 0.00000242. The Bertz CT molecular complexity index is 467. The van der Waals surface area contributed by atoms with Crippen LogP contribution in [0.4, 0.5) is 4.39 Å². The molecule has 1 heterocycles. The van der Waals surface area contributed by atoms with Crippen molar-refractivity contribution in [2.75, 3.05) is 13.1 Å². The number of carbonyl (C=O) groups excluding carboxylic acids is 1. The number of nitrogens with one attached hydrogen (secondary N) is 2. The highest BCUT2D eigenvalue weighted by molar-refractivity contribution is 5.85. The van der Waals surface area contributed by atoms with E-state index in [2.05, 4.69) is 10.6 Å². The highest BCUT2D eigenvalue weighted by Crippen LogP contribution is 2.15. The lowest BCUT2D eigenvalue weighted by Crippen LogP contribution is -2.37. The molecule has 1 aliphatic rings. The van der Waals surface area contributed by atoms with Gasteiger partial charge in [0.1, 0.15) is 17.7 Å². The zero-order valence-electron chi connectivity index (χ0n) is 12.8. The molecule has 124 valence electrons. The van der Waals surface area contributed by atoms with Gasteiger partial charge < -0.3 is 15.4 Å². The first-order valence-corrected chi connectivity index (χ1v) is 7.59. The summed E-state index contributed by atoms with van der Waals surface area (Å²) in [6.07, 6.45) is 3.31. The van der Waals surface area contributed by atoms with E-state index in [1.165, 1.54) is 12.1 Å². The van der Waals surface area contributed by atoms with Crippen molar-refractivity contribution in [1.82, 2.24) is 10.6 Å². The van der Waals surface area contributed by atoms with Gasteiger partial charge >= 0.3 is 0 Å². The molecule has 2 N–H and O–H groups in total. The summed E-state index contributed by atoms with van der Waals surface area (Å²) in [6, 6.07) is 6.36. The monoisotopic (exact) mass is 330 g/mol. The van der Waals surface area contributed by atoms with Crippen LogP contribution in [0.5, 0.6) is 5.75 Å². The van der Waals surface area contributed by atoms with E-state index in [0.29, 0.717) is 24.8 Å². The molecule has 1 aliphatic heterocycles. The largest absolute Gasteiger partial charge is 0.489 e. The van der Waals surface area contributed by atoms with Crippen LogP contribution < -0.4 is 15.4 Å². The molecule has 1 amide bonds. The summed E-state index contributed by atoms with van der Waals surface area (Å²) < 4.78 is 18.8. The maximum Gasteiger partial charge on any atom is 0.221 e. The van der Waals surface area contributed by atoms with Crippen molar-refractivity contribution >= 4 is 18.3 Å². The molecule has 1 aromatic rings. The highest BCUT2D eigenvalue weighted by atomic mass is 35.5. The van der Waals surface area contributed by atoms with Gasteiger partial charge in [-0.1, -0.05) is 13.0 Å². The lowest BCUT2D eigenvalue weighted by atomic mass is 10.1. The second kappa shape index (κ2) is 9.64. The van der Waals surface area contributed by atoms with E-state index < -0.39 is 0 Å². The third kappa shape index (κ3) is 6.20. The van der Waals surface area contributed by atoms with Crippen LogP contribution in [0.1, 0.15) is 32.6 Å². The Hall–Kier alpha value is -1.33. The van der Waals surface area contributed by atoms with Crippen LogP contribution in [0.15, 0.2) is 24.3 Å². The third-order valence-electron chi connectivity index (χ3n) is 3.68. The minimum Gasteiger partial charge on any atom is -0.489 e. The van der Waals surface area contributed by atoms with Gasteiger partial charge in [-0.3, -0.25) is 4.79 Å². The molecule has 4 nitrogen and oxygen atoms in total. The van der Waals surface area contributed by atoms with Gasteiger partial charge in [0.2, 0.25) is 5.91 Å². The fourth-order valence-electron chi connectivity index (χ4n) is 2.46. The average Bonchev–Trinajstić information content (AvgIpc) is 2.96. The molecule has 0 bridgehead atoms. The normalized spacial score (nSPS) is 18.4. The summed E-state index contributed by atoms with van der Waals surface area (Å²) in [7, 11) is 0. The maximum atomic E-state index is 13.1. The van der Waals surface area contributed by atoms with Crippen molar-refractivity contribution in [2.24, 2.45) is 0 Å².